The molecule has 2 rings (SSSR count). The van der Waals surface area contributed by atoms with Gasteiger partial charge in [0.05, 0.1) is 24.5 Å². The average molecular weight is 398 g/mol. The van der Waals surface area contributed by atoms with Gasteiger partial charge in [-0.1, -0.05) is 12.1 Å². The number of methoxy groups -OCH3 is 1. The molecule has 2 atom stereocenters. The van der Waals surface area contributed by atoms with E-state index in [2.05, 4.69) is 10.3 Å². The third-order valence-corrected chi connectivity index (χ3v) is 4.18. The molecule has 8 nitrogen and oxygen atoms in total. The number of carbonyl (C=O) groups is 1. The number of aliphatic hydroxyl groups excluding tert-OH is 2. The second kappa shape index (κ2) is 9.92. The lowest BCUT2D eigenvalue weighted by molar-refractivity contribution is 0.101. The zero-order valence-corrected chi connectivity index (χ0v) is 16.6. The Morgan fingerprint density at radius 2 is 2.07 bits per heavy atom. The number of hydrogen-bond donors (Lipinski definition) is 5. The van der Waals surface area contributed by atoms with Gasteiger partial charge >= 0.3 is 0 Å². The maximum absolute atomic E-state index is 11.3. The Labute approximate surface area is 169 Å². The summed E-state index contributed by atoms with van der Waals surface area (Å²) in [4.78, 5) is 15.4. The molecule has 0 aliphatic heterocycles. The third-order valence-electron chi connectivity index (χ3n) is 4.18. The summed E-state index contributed by atoms with van der Waals surface area (Å²) >= 11 is 0. The highest BCUT2D eigenvalue weighted by molar-refractivity contribution is 6.14. The standard InChI is InChI=1S/C21H26N4O4/c1-12(26)10-25-21(28)15-6-8-17(23)19(20(15)29-3)16(22)7-4-14-5-9-18(13(2)27)24-11-14/h4-9,11-12,21-22,25-26,28H,10,23H2,1-3H3/b7-4+,22-16?. The molecule has 29 heavy (non-hydrogen) atoms. The Morgan fingerprint density at radius 1 is 1.34 bits per heavy atom. The molecule has 8 heteroatoms. The number of nitrogens with one attached hydrogen (secondary N) is 2. The van der Waals surface area contributed by atoms with Gasteiger partial charge in [-0.25, -0.2) is 0 Å². The van der Waals surface area contributed by atoms with Gasteiger partial charge in [-0.15, -0.1) is 0 Å². The first-order valence-corrected chi connectivity index (χ1v) is 9.04. The summed E-state index contributed by atoms with van der Waals surface area (Å²) in [7, 11) is 1.44. The summed E-state index contributed by atoms with van der Waals surface area (Å²) < 4.78 is 5.43. The van der Waals surface area contributed by atoms with E-state index in [1.54, 1.807) is 43.5 Å². The number of ether oxygens (including phenoxy) is 1. The maximum Gasteiger partial charge on any atom is 0.178 e. The van der Waals surface area contributed by atoms with Crippen LogP contribution in [0.1, 0.15) is 47.3 Å². The van der Waals surface area contributed by atoms with Crippen LogP contribution in [-0.4, -0.2) is 46.5 Å². The normalized spacial score (nSPS) is 13.3. The van der Waals surface area contributed by atoms with E-state index in [0.29, 0.717) is 28.1 Å². The van der Waals surface area contributed by atoms with Crippen LogP contribution in [0.25, 0.3) is 6.08 Å². The molecular formula is C21H26N4O4. The molecule has 0 spiro atoms. The summed E-state index contributed by atoms with van der Waals surface area (Å²) in [6, 6.07) is 6.55. The fourth-order valence-corrected chi connectivity index (χ4v) is 2.69. The van der Waals surface area contributed by atoms with Crippen molar-refractivity contribution in [2.75, 3.05) is 19.4 Å². The van der Waals surface area contributed by atoms with Gasteiger partial charge in [-0.3, -0.25) is 15.1 Å². The number of pyridine rings is 1. The van der Waals surface area contributed by atoms with Gasteiger partial charge in [-0.2, -0.15) is 0 Å². The number of ketones is 1. The summed E-state index contributed by atoms with van der Waals surface area (Å²) in [5.74, 6) is 0.153. The molecule has 0 aliphatic carbocycles. The number of benzene rings is 1. The molecule has 0 radical (unpaired) electrons. The Bertz CT molecular complexity index is 908. The predicted molar refractivity (Wildman–Crippen MR) is 112 cm³/mol. The largest absolute Gasteiger partial charge is 0.496 e. The molecule has 2 aromatic rings. The second-order valence-corrected chi connectivity index (χ2v) is 6.59. The van der Waals surface area contributed by atoms with Crippen LogP contribution >= 0.6 is 0 Å². The minimum absolute atomic E-state index is 0.0829. The van der Waals surface area contributed by atoms with Crippen molar-refractivity contribution in [3.8, 4) is 5.75 Å². The molecular weight excluding hydrogens is 372 g/mol. The average Bonchev–Trinajstić information content (AvgIpc) is 2.70. The quantitative estimate of drug-likeness (QED) is 0.188. The summed E-state index contributed by atoms with van der Waals surface area (Å²) in [5.41, 5.74) is 8.31. The first kappa shape index (κ1) is 22.2. The van der Waals surface area contributed by atoms with Gasteiger partial charge in [0.2, 0.25) is 0 Å². The number of allylic oxidation sites excluding steroid dienone is 1. The van der Waals surface area contributed by atoms with Gasteiger partial charge in [0, 0.05) is 30.9 Å². The van der Waals surface area contributed by atoms with Crippen molar-refractivity contribution >= 4 is 23.3 Å². The molecule has 1 aromatic carbocycles. The van der Waals surface area contributed by atoms with Crippen molar-refractivity contribution < 1.29 is 19.7 Å². The number of aromatic nitrogens is 1. The van der Waals surface area contributed by atoms with Crippen LogP contribution in [0.4, 0.5) is 5.69 Å². The van der Waals surface area contributed by atoms with Gasteiger partial charge in [0.25, 0.3) is 0 Å². The fraction of sp³-hybridized carbons (Fsp3) is 0.286. The van der Waals surface area contributed by atoms with Gasteiger partial charge < -0.3 is 26.1 Å². The van der Waals surface area contributed by atoms with Gasteiger partial charge in [0.1, 0.15) is 17.7 Å². The van der Waals surface area contributed by atoms with E-state index in [1.165, 1.54) is 20.1 Å². The highest BCUT2D eigenvalue weighted by Crippen LogP contribution is 2.33. The van der Waals surface area contributed by atoms with Crippen LogP contribution in [0.15, 0.2) is 36.5 Å². The van der Waals surface area contributed by atoms with Crippen LogP contribution in [-0.2, 0) is 0 Å². The number of Topliss-reactive ketones (excluding diaryl/α,β-unsaturated/α-hetero) is 1. The fourth-order valence-electron chi connectivity index (χ4n) is 2.69. The molecule has 0 bridgehead atoms. The molecule has 6 N–H and O–H groups in total. The second-order valence-electron chi connectivity index (χ2n) is 6.59. The SMILES string of the molecule is COc1c(C(O)NCC(C)O)ccc(N)c1C(=N)/C=C/c1ccc(C(C)=O)nc1. The van der Waals surface area contributed by atoms with Crippen molar-refractivity contribution in [3.05, 3.63) is 58.9 Å². The molecule has 2 unspecified atom stereocenters. The number of rotatable bonds is 9. The number of nitrogens with zero attached hydrogens (tertiary/aromatic N) is 1. The Hall–Kier alpha value is -3.07. The first-order valence-electron chi connectivity index (χ1n) is 9.04. The molecule has 0 saturated carbocycles. The van der Waals surface area contributed by atoms with Crippen LogP contribution in [0.3, 0.4) is 0 Å². The number of anilines is 1. The van der Waals surface area contributed by atoms with Gasteiger partial charge in [0.15, 0.2) is 5.78 Å². The van der Waals surface area contributed by atoms with E-state index in [0.717, 1.165) is 0 Å². The van der Waals surface area contributed by atoms with Crippen molar-refractivity contribution in [1.29, 1.82) is 5.41 Å². The monoisotopic (exact) mass is 398 g/mol. The number of nitrogens with two attached hydrogens (primary N) is 1. The number of hydrogen-bond acceptors (Lipinski definition) is 8. The topological polar surface area (TPSA) is 142 Å². The number of nitrogen functional groups attached to an aromatic ring is 1. The Kier molecular flexibility index (Phi) is 7.60. The number of carbonyl (C=O) groups excluding carboxylic acids is 1. The first-order chi connectivity index (χ1) is 13.7. The minimum atomic E-state index is -1.10. The van der Waals surface area contributed by atoms with Gasteiger partial charge in [-0.05, 0) is 36.8 Å². The highest BCUT2D eigenvalue weighted by Gasteiger charge is 2.20. The maximum atomic E-state index is 11.3. The highest BCUT2D eigenvalue weighted by atomic mass is 16.5. The lowest BCUT2D eigenvalue weighted by Crippen LogP contribution is -2.29. The molecule has 1 aromatic heterocycles. The zero-order chi connectivity index (χ0) is 21.6. The van der Waals surface area contributed by atoms with Crippen LogP contribution in [0, 0.1) is 5.41 Å². The van der Waals surface area contributed by atoms with Crippen molar-refractivity contribution in [2.24, 2.45) is 0 Å². The van der Waals surface area contributed by atoms with E-state index in [-0.39, 0.29) is 23.8 Å². The molecule has 0 amide bonds. The van der Waals surface area contributed by atoms with E-state index < -0.39 is 12.3 Å². The molecule has 0 saturated heterocycles. The zero-order valence-electron chi connectivity index (χ0n) is 16.6. The lowest BCUT2D eigenvalue weighted by atomic mass is 10.00. The van der Waals surface area contributed by atoms with Crippen LogP contribution in [0.2, 0.25) is 0 Å². The van der Waals surface area contributed by atoms with Crippen molar-refractivity contribution in [2.45, 2.75) is 26.2 Å². The summed E-state index contributed by atoms with van der Waals surface area (Å²) in [6.07, 6.45) is 3.03. The van der Waals surface area contributed by atoms with E-state index in [1.807, 2.05) is 0 Å². The molecule has 154 valence electrons. The smallest absolute Gasteiger partial charge is 0.178 e. The van der Waals surface area contributed by atoms with E-state index in [9.17, 15) is 15.0 Å². The van der Waals surface area contributed by atoms with Crippen LogP contribution in [0.5, 0.6) is 5.75 Å². The summed E-state index contributed by atoms with van der Waals surface area (Å²) in [5, 5.41) is 31.0. The Balaban J connectivity index is 2.30. The Morgan fingerprint density at radius 3 is 2.62 bits per heavy atom. The minimum Gasteiger partial charge on any atom is -0.496 e. The van der Waals surface area contributed by atoms with Crippen LogP contribution < -0.4 is 15.8 Å². The lowest BCUT2D eigenvalue weighted by Gasteiger charge is -2.20. The summed E-state index contributed by atoms with van der Waals surface area (Å²) in [6.45, 7) is 3.23. The molecule has 0 aliphatic rings. The molecule has 0 fully saturated rings. The molecule has 1 heterocycles. The third kappa shape index (κ3) is 5.71. The van der Waals surface area contributed by atoms with Crippen molar-refractivity contribution in [3.63, 3.8) is 0 Å². The number of aliphatic hydroxyl groups is 2. The van der Waals surface area contributed by atoms with E-state index >= 15 is 0 Å². The van der Waals surface area contributed by atoms with E-state index in [4.69, 9.17) is 15.9 Å². The van der Waals surface area contributed by atoms with Crippen molar-refractivity contribution in [1.82, 2.24) is 10.3 Å². The predicted octanol–water partition coefficient (Wildman–Crippen LogP) is 1.92.